The molecule has 16 heteroatoms. The fourth-order valence-corrected chi connectivity index (χ4v) is 7.69. The highest BCUT2D eigenvalue weighted by Gasteiger charge is 2.42. The number of hydrogen-bond acceptors (Lipinski definition) is 7. The fraction of sp³-hybridized carbons (Fsp3) is 0.394. The number of aliphatic hydroxyl groups is 1. The Bertz CT molecular complexity index is 1890. The Kier molecular flexibility index (Phi) is 9.29. The number of aliphatic hydroxyl groups excluding tert-OH is 1. The van der Waals surface area contributed by atoms with Crippen LogP contribution in [0.1, 0.15) is 36.1 Å². The SMILES string of the molecule is Cc1cc(F)ccc1-c1cc(N2CC3CS(=O)(=O)CCN3C=C2CO)ncc1N(C)C(=O)C(C)(C)c1cc(C(F)(F)F)cc(C(F)(F)F)c1. The molecule has 1 saturated heterocycles. The predicted octanol–water partition coefficient (Wildman–Crippen LogP) is 5.93. The number of anilines is 2. The number of carbonyl (C=O) groups excluding carboxylic acids is 1. The van der Waals surface area contributed by atoms with Crippen LogP contribution >= 0.6 is 0 Å². The minimum Gasteiger partial charge on any atom is -0.390 e. The molecule has 2 aliphatic heterocycles. The maximum absolute atomic E-state index is 14.2. The molecule has 49 heavy (non-hydrogen) atoms. The third-order valence-corrected chi connectivity index (χ3v) is 10.6. The van der Waals surface area contributed by atoms with Gasteiger partial charge in [-0.3, -0.25) is 4.79 Å². The molecular weight excluding hydrogens is 681 g/mol. The molecule has 1 fully saturated rings. The molecule has 5 rings (SSSR count). The zero-order valence-corrected chi connectivity index (χ0v) is 27.6. The van der Waals surface area contributed by atoms with Crippen molar-refractivity contribution in [2.45, 2.75) is 44.6 Å². The van der Waals surface area contributed by atoms with Crippen molar-refractivity contribution in [3.05, 3.63) is 88.6 Å². The van der Waals surface area contributed by atoms with Crippen LogP contribution in [0, 0.1) is 12.7 Å². The van der Waals surface area contributed by atoms with E-state index in [0.29, 0.717) is 34.5 Å². The number of aromatic nitrogens is 1. The van der Waals surface area contributed by atoms with Crippen molar-refractivity contribution in [1.29, 1.82) is 0 Å². The summed E-state index contributed by atoms with van der Waals surface area (Å²) in [5.41, 5.74) is -3.86. The molecule has 1 amide bonds. The van der Waals surface area contributed by atoms with E-state index in [-0.39, 0.29) is 42.2 Å². The van der Waals surface area contributed by atoms with Gasteiger partial charge in [0, 0.05) is 31.9 Å². The number of carbonyl (C=O) groups is 1. The number of aryl methyl sites for hydroxylation is 1. The molecule has 2 aromatic carbocycles. The highest BCUT2D eigenvalue weighted by molar-refractivity contribution is 7.91. The minimum atomic E-state index is -5.12. The highest BCUT2D eigenvalue weighted by Crippen LogP contribution is 2.42. The molecule has 1 unspecified atom stereocenters. The van der Waals surface area contributed by atoms with Crippen molar-refractivity contribution < 1.29 is 49.1 Å². The third-order valence-electron chi connectivity index (χ3n) is 8.93. The molecule has 0 bridgehead atoms. The second kappa shape index (κ2) is 12.6. The summed E-state index contributed by atoms with van der Waals surface area (Å²) in [6, 6.07) is 6.00. The number of benzene rings is 2. The molecule has 1 N–H and O–H groups in total. The molecule has 1 aromatic heterocycles. The van der Waals surface area contributed by atoms with Gasteiger partial charge in [0.15, 0.2) is 9.84 Å². The third kappa shape index (κ3) is 7.25. The van der Waals surface area contributed by atoms with Gasteiger partial charge in [0.2, 0.25) is 5.91 Å². The Morgan fingerprint density at radius 3 is 2.16 bits per heavy atom. The van der Waals surface area contributed by atoms with Crippen LogP contribution in [0.2, 0.25) is 0 Å². The molecular formula is C33H33F7N4O4S. The summed E-state index contributed by atoms with van der Waals surface area (Å²) in [5, 5.41) is 10.2. The molecule has 2 aliphatic rings. The first-order valence-corrected chi connectivity index (χ1v) is 16.8. The largest absolute Gasteiger partial charge is 0.416 e. The first-order valence-electron chi connectivity index (χ1n) is 15.0. The Morgan fingerprint density at radius 1 is 0.980 bits per heavy atom. The van der Waals surface area contributed by atoms with Crippen LogP contribution in [0.3, 0.4) is 0 Å². The molecule has 0 saturated carbocycles. The summed E-state index contributed by atoms with van der Waals surface area (Å²) in [6.07, 6.45) is -7.30. The first-order chi connectivity index (χ1) is 22.6. The van der Waals surface area contributed by atoms with E-state index >= 15 is 0 Å². The van der Waals surface area contributed by atoms with E-state index in [1.165, 1.54) is 45.3 Å². The molecule has 3 heterocycles. The lowest BCUT2D eigenvalue weighted by atomic mass is 9.81. The van der Waals surface area contributed by atoms with Crippen molar-refractivity contribution >= 4 is 27.2 Å². The van der Waals surface area contributed by atoms with Gasteiger partial charge >= 0.3 is 12.4 Å². The lowest BCUT2D eigenvalue weighted by Crippen LogP contribution is -2.55. The summed E-state index contributed by atoms with van der Waals surface area (Å²) in [6.45, 7) is 3.99. The Hall–Kier alpha value is -4.18. The number of nitrogens with zero attached hydrogens (tertiary/aromatic N) is 4. The van der Waals surface area contributed by atoms with Gasteiger partial charge in [-0.25, -0.2) is 17.8 Å². The topological polar surface area (TPSA) is 94.1 Å². The van der Waals surface area contributed by atoms with Gasteiger partial charge in [-0.05, 0) is 73.9 Å². The molecule has 0 spiro atoms. The van der Waals surface area contributed by atoms with Gasteiger partial charge in [0.05, 0.1) is 58.3 Å². The van der Waals surface area contributed by atoms with E-state index in [1.807, 2.05) is 4.90 Å². The van der Waals surface area contributed by atoms with Gasteiger partial charge in [0.1, 0.15) is 11.6 Å². The Labute approximate surface area is 278 Å². The Balaban J connectivity index is 1.61. The number of halogens is 7. The van der Waals surface area contributed by atoms with E-state index in [0.717, 1.165) is 4.90 Å². The van der Waals surface area contributed by atoms with E-state index in [9.17, 15) is 49.1 Å². The quantitative estimate of drug-likeness (QED) is 0.317. The van der Waals surface area contributed by atoms with E-state index in [2.05, 4.69) is 4.98 Å². The van der Waals surface area contributed by atoms with E-state index < -0.39 is 68.7 Å². The van der Waals surface area contributed by atoms with Crippen LogP contribution < -0.4 is 9.80 Å². The van der Waals surface area contributed by atoms with Crippen LogP contribution in [0.4, 0.5) is 42.2 Å². The number of pyridine rings is 1. The van der Waals surface area contributed by atoms with Crippen molar-refractivity contribution in [3.63, 3.8) is 0 Å². The lowest BCUT2D eigenvalue weighted by molar-refractivity contribution is -0.143. The lowest BCUT2D eigenvalue weighted by Gasteiger charge is -2.43. The van der Waals surface area contributed by atoms with Crippen molar-refractivity contribution in [3.8, 4) is 11.1 Å². The van der Waals surface area contributed by atoms with Crippen LogP contribution in [0.15, 0.2) is 60.6 Å². The Morgan fingerprint density at radius 2 is 1.59 bits per heavy atom. The van der Waals surface area contributed by atoms with Crippen LogP contribution in [0.5, 0.6) is 0 Å². The number of alkyl halides is 6. The molecule has 0 radical (unpaired) electrons. The summed E-state index contributed by atoms with van der Waals surface area (Å²) < 4.78 is 121. The van der Waals surface area contributed by atoms with Crippen molar-refractivity contribution in [2.75, 3.05) is 48.0 Å². The average molecular weight is 715 g/mol. The summed E-state index contributed by atoms with van der Waals surface area (Å²) in [5.74, 6) is -1.33. The predicted molar refractivity (Wildman–Crippen MR) is 169 cm³/mol. The number of rotatable bonds is 6. The summed E-state index contributed by atoms with van der Waals surface area (Å²) >= 11 is 0. The molecule has 1 atom stereocenters. The number of sulfone groups is 1. The summed E-state index contributed by atoms with van der Waals surface area (Å²) in [4.78, 5) is 23.1. The number of likely N-dealkylation sites (N-methyl/N-ethyl adjacent to an activating group) is 1. The molecule has 3 aromatic rings. The highest BCUT2D eigenvalue weighted by atomic mass is 32.2. The smallest absolute Gasteiger partial charge is 0.390 e. The maximum Gasteiger partial charge on any atom is 0.416 e. The number of amides is 1. The normalized spacial score (nSPS) is 18.2. The number of hydrogen-bond donors (Lipinski definition) is 1. The van der Waals surface area contributed by atoms with Gasteiger partial charge < -0.3 is 19.8 Å². The summed E-state index contributed by atoms with van der Waals surface area (Å²) in [7, 11) is -2.02. The first kappa shape index (κ1) is 36.1. The van der Waals surface area contributed by atoms with Crippen LogP contribution in [-0.2, 0) is 32.4 Å². The average Bonchev–Trinajstić information content (AvgIpc) is 3.01. The zero-order chi connectivity index (χ0) is 36.3. The second-order valence-electron chi connectivity index (χ2n) is 12.7. The molecule has 0 aliphatic carbocycles. The van der Waals surface area contributed by atoms with Gasteiger partial charge in [-0.1, -0.05) is 6.07 Å². The van der Waals surface area contributed by atoms with Crippen molar-refractivity contribution in [2.24, 2.45) is 0 Å². The molecule has 264 valence electrons. The maximum atomic E-state index is 14.2. The van der Waals surface area contributed by atoms with Crippen LogP contribution in [-0.4, -0.2) is 73.6 Å². The fourth-order valence-electron chi connectivity index (χ4n) is 6.15. The monoisotopic (exact) mass is 714 g/mol. The molecule has 8 nitrogen and oxygen atoms in total. The van der Waals surface area contributed by atoms with Gasteiger partial charge in [-0.2, -0.15) is 26.3 Å². The number of fused-ring (bicyclic) bond motifs is 1. The standard InChI is InChI=1S/C33H33F7N4O4S/c1-19-9-23(34)5-6-26(19)27-13-29(44-16-25-18-49(47,48)8-7-43(25)15-24(44)17-45)41-14-28(27)42(4)30(46)31(2,3)20-10-21(32(35,36)37)12-22(11-20)33(38,39)40/h5-6,9-15,25,45H,7-8,16-18H2,1-4H3. The van der Waals surface area contributed by atoms with Crippen molar-refractivity contribution in [1.82, 2.24) is 9.88 Å². The van der Waals surface area contributed by atoms with Gasteiger partial charge in [-0.15, -0.1) is 0 Å². The van der Waals surface area contributed by atoms with E-state index in [4.69, 9.17) is 0 Å². The zero-order valence-electron chi connectivity index (χ0n) is 26.8. The van der Waals surface area contributed by atoms with Gasteiger partial charge in [0.25, 0.3) is 0 Å². The minimum absolute atomic E-state index is 0.0104. The van der Waals surface area contributed by atoms with E-state index in [1.54, 1.807) is 24.1 Å². The van der Waals surface area contributed by atoms with Crippen LogP contribution in [0.25, 0.3) is 11.1 Å². The second-order valence-corrected chi connectivity index (χ2v) is 14.9.